The van der Waals surface area contributed by atoms with Crippen molar-refractivity contribution in [3.8, 4) is 0 Å². The number of fused-ring (bicyclic) bond motifs is 1. The van der Waals surface area contributed by atoms with Crippen molar-refractivity contribution >= 4 is 64.1 Å². The number of amides is 2. The first-order valence-corrected chi connectivity index (χ1v) is 13.5. The number of nitrogens with two attached hydrogens (primary N) is 1. The van der Waals surface area contributed by atoms with Gasteiger partial charge >= 0.3 is 0 Å². The summed E-state index contributed by atoms with van der Waals surface area (Å²) >= 11 is 14.2. The highest BCUT2D eigenvalue weighted by atomic mass is 35.5. The van der Waals surface area contributed by atoms with Crippen LogP contribution in [0.15, 0.2) is 59.8 Å². The molecule has 1 aromatic heterocycles. The molecule has 1 aliphatic heterocycles. The van der Waals surface area contributed by atoms with Gasteiger partial charge in [-0.15, -0.1) is 11.8 Å². The van der Waals surface area contributed by atoms with Crippen LogP contribution in [0.1, 0.15) is 32.9 Å². The fraction of sp³-hybridized carbons (Fsp3) is 0.185. The minimum atomic E-state index is -0.805. The summed E-state index contributed by atoms with van der Waals surface area (Å²) in [6.07, 6.45) is 3.69. The molecule has 0 bridgehead atoms. The third-order valence-electron chi connectivity index (χ3n) is 5.80. The number of anilines is 1. The van der Waals surface area contributed by atoms with E-state index in [1.54, 1.807) is 42.1 Å². The molecule has 8 nitrogen and oxygen atoms in total. The van der Waals surface area contributed by atoms with Crippen molar-refractivity contribution in [3.05, 3.63) is 93.0 Å². The van der Waals surface area contributed by atoms with Gasteiger partial charge in [-0.05, 0) is 55.0 Å². The van der Waals surface area contributed by atoms with E-state index in [0.29, 0.717) is 38.3 Å². The summed E-state index contributed by atoms with van der Waals surface area (Å²) in [5, 5.41) is 19.7. The van der Waals surface area contributed by atoms with Gasteiger partial charge in [0.15, 0.2) is 0 Å². The number of aromatic nitrogens is 1. The van der Waals surface area contributed by atoms with Crippen LogP contribution in [0.2, 0.25) is 10.0 Å². The second-order valence-corrected chi connectivity index (χ2v) is 10.5. The van der Waals surface area contributed by atoms with Gasteiger partial charge < -0.3 is 31.8 Å². The first-order chi connectivity index (χ1) is 18.3. The van der Waals surface area contributed by atoms with Crippen LogP contribution in [0.3, 0.4) is 0 Å². The molecule has 0 spiro atoms. The maximum atomic E-state index is 12.9. The van der Waals surface area contributed by atoms with Crippen molar-refractivity contribution < 1.29 is 14.7 Å². The molecule has 2 aromatic carbocycles. The van der Waals surface area contributed by atoms with E-state index in [2.05, 4.69) is 20.9 Å². The van der Waals surface area contributed by atoms with Gasteiger partial charge in [0.05, 0.1) is 22.9 Å². The quantitative estimate of drug-likeness (QED) is 0.156. The minimum Gasteiger partial charge on any atom is -0.403 e. The van der Waals surface area contributed by atoms with Crippen molar-refractivity contribution in [1.82, 2.24) is 15.6 Å². The first-order valence-electron chi connectivity index (χ1n) is 11.8. The zero-order valence-electron chi connectivity index (χ0n) is 20.5. The Balaban J connectivity index is 1.53. The monoisotopic (exact) mass is 571 g/mol. The molecule has 2 amide bonds. The van der Waals surface area contributed by atoms with Gasteiger partial charge in [0.25, 0.3) is 11.8 Å². The Kier molecular flexibility index (Phi) is 9.06. The number of thioether (sulfide) groups is 1. The second kappa shape index (κ2) is 12.4. The lowest BCUT2D eigenvalue weighted by atomic mass is 10.0. The molecule has 2 heterocycles. The van der Waals surface area contributed by atoms with Crippen molar-refractivity contribution in [2.75, 3.05) is 18.4 Å². The fourth-order valence-electron chi connectivity index (χ4n) is 3.93. The summed E-state index contributed by atoms with van der Waals surface area (Å²) < 4.78 is 0. The molecule has 1 unspecified atom stereocenters. The zero-order valence-corrected chi connectivity index (χ0v) is 22.8. The Morgan fingerprint density at radius 3 is 2.68 bits per heavy atom. The molecular formula is C27H27Cl2N5O3S. The number of carbonyl (C=O) groups is 2. The van der Waals surface area contributed by atoms with E-state index in [1.807, 2.05) is 25.1 Å². The van der Waals surface area contributed by atoms with Crippen LogP contribution in [0.4, 0.5) is 5.69 Å². The number of carbonyl (C=O) groups excluding carboxylic acids is 2. The average molecular weight is 573 g/mol. The van der Waals surface area contributed by atoms with E-state index in [-0.39, 0.29) is 24.9 Å². The first kappa shape index (κ1) is 27.7. The van der Waals surface area contributed by atoms with Crippen LogP contribution in [0.25, 0.3) is 11.6 Å². The molecule has 0 fully saturated rings. The number of H-pyrrole nitrogens is 1. The third-order valence-corrected chi connectivity index (χ3v) is 7.53. The third kappa shape index (κ3) is 6.54. The van der Waals surface area contributed by atoms with Gasteiger partial charge in [-0.3, -0.25) is 9.59 Å². The van der Waals surface area contributed by atoms with Crippen molar-refractivity contribution in [1.29, 1.82) is 0 Å². The lowest BCUT2D eigenvalue weighted by Gasteiger charge is -2.12. The smallest absolute Gasteiger partial charge is 0.256 e. The summed E-state index contributed by atoms with van der Waals surface area (Å²) in [4.78, 5) is 29.8. The highest BCUT2D eigenvalue weighted by molar-refractivity contribution is 7.98. The summed E-state index contributed by atoms with van der Waals surface area (Å²) in [6, 6.07) is 12.8. The predicted octanol–water partition coefficient (Wildman–Crippen LogP) is 4.53. The highest BCUT2D eigenvalue weighted by Crippen LogP contribution is 2.38. The average Bonchev–Trinajstić information content (AvgIpc) is 3.41. The Morgan fingerprint density at radius 2 is 1.95 bits per heavy atom. The molecule has 0 aliphatic carbocycles. The number of halogens is 2. The van der Waals surface area contributed by atoms with Gasteiger partial charge in [0.2, 0.25) is 0 Å². The van der Waals surface area contributed by atoms with Crippen LogP contribution in [-0.2, 0) is 10.5 Å². The topological polar surface area (TPSA) is 132 Å². The van der Waals surface area contributed by atoms with E-state index in [1.165, 1.54) is 12.4 Å². The van der Waals surface area contributed by atoms with Crippen LogP contribution in [0.5, 0.6) is 0 Å². The summed E-state index contributed by atoms with van der Waals surface area (Å²) in [6.45, 7) is 2.11. The number of hydrogen-bond donors (Lipinski definition) is 6. The maximum absolute atomic E-state index is 12.9. The van der Waals surface area contributed by atoms with E-state index in [9.17, 15) is 14.7 Å². The zero-order chi connectivity index (χ0) is 27.2. The van der Waals surface area contributed by atoms with E-state index in [0.717, 1.165) is 21.7 Å². The molecule has 38 heavy (non-hydrogen) atoms. The molecule has 7 N–H and O–H groups in total. The molecular weight excluding hydrogens is 545 g/mol. The molecule has 0 saturated carbocycles. The largest absolute Gasteiger partial charge is 0.403 e. The van der Waals surface area contributed by atoms with Crippen molar-refractivity contribution in [3.63, 3.8) is 0 Å². The minimum absolute atomic E-state index is 0.0455. The predicted molar refractivity (Wildman–Crippen MR) is 154 cm³/mol. The van der Waals surface area contributed by atoms with Gasteiger partial charge in [-0.25, -0.2) is 0 Å². The molecule has 198 valence electrons. The number of benzene rings is 2. The molecule has 0 saturated heterocycles. The Labute approximate surface area is 234 Å². The van der Waals surface area contributed by atoms with Crippen molar-refractivity contribution in [2.24, 2.45) is 5.73 Å². The Morgan fingerprint density at radius 1 is 1.18 bits per heavy atom. The molecule has 11 heteroatoms. The molecule has 4 rings (SSSR count). The maximum Gasteiger partial charge on any atom is 0.256 e. The number of hydrogen-bond acceptors (Lipinski definition) is 6. The Bertz CT molecular complexity index is 1400. The van der Waals surface area contributed by atoms with Gasteiger partial charge in [0, 0.05) is 63.1 Å². The number of aliphatic hydroxyl groups is 1. The van der Waals surface area contributed by atoms with Crippen LogP contribution >= 0.6 is 35.0 Å². The molecule has 0 radical (unpaired) electrons. The highest BCUT2D eigenvalue weighted by Gasteiger charge is 2.26. The van der Waals surface area contributed by atoms with Crippen LogP contribution in [0, 0.1) is 6.92 Å². The van der Waals surface area contributed by atoms with Gasteiger partial charge in [-0.1, -0.05) is 29.3 Å². The van der Waals surface area contributed by atoms with Gasteiger partial charge in [-0.2, -0.15) is 0 Å². The summed E-state index contributed by atoms with van der Waals surface area (Å²) in [5.41, 5.74) is 9.60. The Hall–Kier alpha value is -3.37. The van der Waals surface area contributed by atoms with E-state index in [4.69, 9.17) is 28.9 Å². The van der Waals surface area contributed by atoms with Crippen molar-refractivity contribution in [2.45, 2.75) is 23.7 Å². The van der Waals surface area contributed by atoms with Crippen LogP contribution in [-0.4, -0.2) is 41.1 Å². The lowest BCUT2D eigenvalue weighted by molar-refractivity contribution is -0.110. The second-order valence-electron chi connectivity index (χ2n) is 8.62. The number of aromatic amines is 1. The van der Waals surface area contributed by atoms with E-state index >= 15 is 0 Å². The number of aliphatic hydroxyl groups excluding tert-OH is 1. The van der Waals surface area contributed by atoms with Gasteiger partial charge in [0.1, 0.15) is 0 Å². The lowest BCUT2D eigenvalue weighted by Crippen LogP contribution is -2.37. The van der Waals surface area contributed by atoms with E-state index < -0.39 is 6.10 Å². The number of rotatable bonds is 10. The summed E-state index contributed by atoms with van der Waals surface area (Å²) in [7, 11) is 0. The number of nitrogens with one attached hydrogen (secondary N) is 4. The number of aryl methyl sites for hydroxylation is 1. The molecule has 1 aliphatic rings. The molecule has 1 atom stereocenters. The normalized spacial score (nSPS) is 14.5. The standard InChI is InChI=1S/C27H27Cl2N5O3S/c1-15-9-20(26(36)32-13-16(35)12-31-8-7-30)25(33-15)11-19-18-10-17(5-6-24(18)34-27(19)37)38-14-21-22(28)3-2-4-23(21)29/h2-11,16,31,33,35H,12-14,30H2,1H3,(H,32,36)(H,34,37)/b8-7-,19-11-. The SMILES string of the molecule is Cc1cc(C(=O)NCC(O)CN/C=C\N)c(/C=C2\C(=O)Nc3ccc(SCc4c(Cl)cccc4Cl)cc32)[nH]1. The molecule has 3 aromatic rings. The fourth-order valence-corrected chi connectivity index (χ4v) is 5.61. The summed E-state index contributed by atoms with van der Waals surface area (Å²) in [5.74, 6) is -0.0552. The van der Waals surface area contributed by atoms with Crippen LogP contribution < -0.4 is 21.7 Å².